The molecule has 1 aromatic carbocycles. The highest BCUT2D eigenvalue weighted by Gasteiger charge is 2.14. The minimum Gasteiger partial charge on any atom is -0.394 e. The number of nitrogens with one attached hydrogen (secondary N) is 1. The maximum atomic E-state index is 13.0. The summed E-state index contributed by atoms with van der Waals surface area (Å²) in [6.45, 7) is 3.84. The van der Waals surface area contributed by atoms with Gasteiger partial charge in [-0.15, -0.1) is 0 Å². The molecular formula is C12H17F2NO. The van der Waals surface area contributed by atoms with Crippen molar-refractivity contribution >= 4 is 0 Å². The normalized spacial score (nSPS) is 14.8. The minimum atomic E-state index is -0.887. The monoisotopic (exact) mass is 229 g/mol. The number of rotatable bonds is 5. The Balaban J connectivity index is 2.82. The van der Waals surface area contributed by atoms with E-state index in [1.54, 1.807) is 0 Å². The number of aliphatic hydroxyl groups excluding tert-OH is 1. The Kier molecular flexibility index (Phi) is 4.83. The van der Waals surface area contributed by atoms with E-state index in [0.717, 1.165) is 18.6 Å². The quantitative estimate of drug-likeness (QED) is 0.812. The maximum absolute atomic E-state index is 13.0. The molecule has 2 nitrogen and oxygen atoms in total. The Morgan fingerprint density at radius 1 is 1.31 bits per heavy atom. The summed E-state index contributed by atoms with van der Waals surface area (Å²) in [6, 6.07) is 3.53. The molecule has 0 heterocycles. The molecule has 2 atom stereocenters. The molecule has 16 heavy (non-hydrogen) atoms. The second kappa shape index (κ2) is 5.92. The van der Waals surface area contributed by atoms with Crippen LogP contribution in [-0.2, 0) is 0 Å². The first-order valence-electron chi connectivity index (χ1n) is 5.40. The number of halogens is 2. The third kappa shape index (κ3) is 3.25. The topological polar surface area (TPSA) is 32.3 Å². The van der Waals surface area contributed by atoms with Gasteiger partial charge < -0.3 is 10.4 Å². The van der Waals surface area contributed by atoms with Crippen LogP contribution in [0.5, 0.6) is 0 Å². The largest absolute Gasteiger partial charge is 0.394 e. The zero-order chi connectivity index (χ0) is 12.1. The molecule has 0 saturated heterocycles. The summed E-state index contributed by atoms with van der Waals surface area (Å²) in [5.41, 5.74) is 0.557. The van der Waals surface area contributed by atoms with Gasteiger partial charge in [0.2, 0.25) is 0 Å². The molecule has 0 aliphatic heterocycles. The summed E-state index contributed by atoms with van der Waals surface area (Å²) in [4.78, 5) is 0. The fraction of sp³-hybridized carbons (Fsp3) is 0.500. The summed E-state index contributed by atoms with van der Waals surface area (Å²) in [7, 11) is 0. The van der Waals surface area contributed by atoms with Crippen LogP contribution in [0.2, 0.25) is 0 Å². The average Bonchev–Trinajstić information content (AvgIpc) is 2.29. The van der Waals surface area contributed by atoms with Gasteiger partial charge >= 0.3 is 0 Å². The van der Waals surface area contributed by atoms with E-state index in [1.165, 1.54) is 6.07 Å². The highest BCUT2D eigenvalue weighted by Crippen LogP contribution is 2.17. The number of hydrogen-bond donors (Lipinski definition) is 2. The van der Waals surface area contributed by atoms with Crippen LogP contribution in [0.25, 0.3) is 0 Å². The minimum absolute atomic E-state index is 0.143. The van der Waals surface area contributed by atoms with Gasteiger partial charge in [-0.3, -0.25) is 0 Å². The van der Waals surface area contributed by atoms with E-state index in [-0.39, 0.29) is 18.7 Å². The third-order valence-corrected chi connectivity index (χ3v) is 2.63. The van der Waals surface area contributed by atoms with Crippen LogP contribution in [0, 0.1) is 11.6 Å². The highest BCUT2D eigenvalue weighted by molar-refractivity contribution is 5.21. The molecule has 0 spiro atoms. The Bertz CT molecular complexity index is 344. The molecule has 1 aromatic rings. The second-order valence-electron chi connectivity index (χ2n) is 3.88. The Labute approximate surface area is 94.3 Å². The van der Waals surface area contributed by atoms with Crippen molar-refractivity contribution in [2.45, 2.75) is 32.4 Å². The molecule has 0 fully saturated rings. The van der Waals surface area contributed by atoms with Crippen molar-refractivity contribution in [3.05, 3.63) is 35.4 Å². The SMILES string of the molecule is CCC(C)NC(CO)c1ccc(F)c(F)c1. The number of aliphatic hydroxyl groups is 1. The molecule has 0 saturated carbocycles. The van der Waals surface area contributed by atoms with Gasteiger partial charge in [-0.1, -0.05) is 13.0 Å². The molecular weight excluding hydrogens is 212 g/mol. The van der Waals surface area contributed by atoms with Gasteiger partial charge in [0.15, 0.2) is 11.6 Å². The van der Waals surface area contributed by atoms with Crippen molar-refractivity contribution in [1.29, 1.82) is 0 Å². The van der Waals surface area contributed by atoms with Gasteiger partial charge in [-0.05, 0) is 31.0 Å². The van der Waals surface area contributed by atoms with Crippen molar-refractivity contribution in [3.63, 3.8) is 0 Å². The molecule has 2 N–H and O–H groups in total. The summed E-state index contributed by atoms with van der Waals surface area (Å²) >= 11 is 0. The zero-order valence-corrected chi connectivity index (χ0v) is 9.50. The first-order chi connectivity index (χ1) is 7.58. The van der Waals surface area contributed by atoms with Crippen molar-refractivity contribution in [3.8, 4) is 0 Å². The smallest absolute Gasteiger partial charge is 0.159 e. The molecule has 0 aliphatic carbocycles. The average molecular weight is 229 g/mol. The van der Waals surface area contributed by atoms with E-state index < -0.39 is 11.6 Å². The fourth-order valence-electron chi connectivity index (χ4n) is 1.44. The van der Waals surface area contributed by atoms with Crippen molar-refractivity contribution in [2.75, 3.05) is 6.61 Å². The maximum Gasteiger partial charge on any atom is 0.159 e. The van der Waals surface area contributed by atoms with Crippen LogP contribution < -0.4 is 5.32 Å². The predicted molar refractivity (Wildman–Crippen MR) is 59.1 cm³/mol. The molecule has 0 radical (unpaired) electrons. The molecule has 2 unspecified atom stereocenters. The first-order valence-corrected chi connectivity index (χ1v) is 5.40. The van der Waals surface area contributed by atoms with Crippen LogP contribution in [-0.4, -0.2) is 17.8 Å². The van der Waals surface area contributed by atoms with E-state index >= 15 is 0 Å². The van der Waals surface area contributed by atoms with E-state index in [2.05, 4.69) is 5.32 Å². The Hall–Kier alpha value is -1.00. The van der Waals surface area contributed by atoms with Crippen molar-refractivity contribution < 1.29 is 13.9 Å². The van der Waals surface area contributed by atoms with Crippen LogP contribution in [0.3, 0.4) is 0 Å². The van der Waals surface area contributed by atoms with Gasteiger partial charge in [-0.2, -0.15) is 0 Å². The highest BCUT2D eigenvalue weighted by atomic mass is 19.2. The van der Waals surface area contributed by atoms with Crippen LogP contribution >= 0.6 is 0 Å². The fourth-order valence-corrected chi connectivity index (χ4v) is 1.44. The van der Waals surface area contributed by atoms with E-state index in [0.29, 0.717) is 5.56 Å². The first kappa shape index (κ1) is 13.1. The molecule has 0 amide bonds. The zero-order valence-electron chi connectivity index (χ0n) is 9.50. The third-order valence-electron chi connectivity index (χ3n) is 2.63. The van der Waals surface area contributed by atoms with Crippen LogP contribution in [0.15, 0.2) is 18.2 Å². The molecule has 1 rings (SSSR count). The molecule has 90 valence electrons. The lowest BCUT2D eigenvalue weighted by atomic mass is 10.1. The molecule has 0 aliphatic rings. The van der Waals surface area contributed by atoms with E-state index in [9.17, 15) is 13.9 Å². The second-order valence-corrected chi connectivity index (χ2v) is 3.88. The predicted octanol–water partition coefficient (Wildman–Crippen LogP) is 2.39. The molecule has 0 aromatic heterocycles. The lowest BCUT2D eigenvalue weighted by molar-refractivity contribution is 0.233. The van der Waals surface area contributed by atoms with Crippen molar-refractivity contribution in [2.24, 2.45) is 0 Å². The van der Waals surface area contributed by atoms with Gasteiger partial charge in [0.25, 0.3) is 0 Å². The van der Waals surface area contributed by atoms with Gasteiger partial charge in [0.05, 0.1) is 12.6 Å². The van der Waals surface area contributed by atoms with Gasteiger partial charge in [-0.25, -0.2) is 8.78 Å². The van der Waals surface area contributed by atoms with Crippen LogP contribution in [0.4, 0.5) is 8.78 Å². The number of benzene rings is 1. The Morgan fingerprint density at radius 2 is 2.00 bits per heavy atom. The Morgan fingerprint density at radius 3 is 2.50 bits per heavy atom. The number of hydrogen-bond acceptors (Lipinski definition) is 2. The standard InChI is InChI=1S/C12H17F2NO/c1-3-8(2)15-12(7-16)9-4-5-10(13)11(14)6-9/h4-6,8,12,15-16H,3,7H2,1-2H3. The van der Waals surface area contributed by atoms with Gasteiger partial charge in [0.1, 0.15) is 0 Å². The lowest BCUT2D eigenvalue weighted by Crippen LogP contribution is -2.32. The van der Waals surface area contributed by atoms with Crippen LogP contribution in [0.1, 0.15) is 31.9 Å². The van der Waals surface area contributed by atoms with Gasteiger partial charge in [0, 0.05) is 6.04 Å². The van der Waals surface area contributed by atoms with Crippen molar-refractivity contribution in [1.82, 2.24) is 5.32 Å². The summed E-state index contributed by atoms with van der Waals surface area (Å²) in [6.07, 6.45) is 0.903. The van der Waals surface area contributed by atoms with E-state index in [1.807, 2.05) is 13.8 Å². The summed E-state index contributed by atoms with van der Waals surface area (Å²) < 4.78 is 25.7. The summed E-state index contributed by atoms with van der Waals surface area (Å²) in [5.74, 6) is -1.76. The lowest BCUT2D eigenvalue weighted by Gasteiger charge is -2.21. The summed E-state index contributed by atoms with van der Waals surface area (Å²) in [5, 5.41) is 12.3. The molecule has 4 heteroatoms. The van der Waals surface area contributed by atoms with E-state index in [4.69, 9.17) is 0 Å². The molecule has 0 bridgehead atoms.